The van der Waals surface area contributed by atoms with Gasteiger partial charge in [-0.1, -0.05) is 6.08 Å². The van der Waals surface area contributed by atoms with Crippen molar-refractivity contribution in [1.29, 1.82) is 0 Å². The van der Waals surface area contributed by atoms with Crippen molar-refractivity contribution in [3.8, 4) is 0 Å². The van der Waals surface area contributed by atoms with Crippen molar-refractivity contribution in [2.24, 2.45) is 0 Å². The van der Waals surface area contributed by atoms with Gasteiger partial charge in [0.25, 0.3) is 0 Å². The molecule has 0 saturated heterocycles. The Morgan fingerprint density at radius 3 is 2.75 bits per heavy atom. The smallest absolute Gasteiger partial charge is 0.0701 e. The number of fused-ring (bicyclic) bond motifs is 1. The van der Waals surface area contributed by atoms with Crippen LogP contribution in [-0.4, -0.2) is 22.7 Å². The third-order valence-corrected chi connectivity index (χ3v) is 5.03. The van der Waals surface area contributed by atoms with E-state index >= 15 is 0 Å². The van der Waals surface area contributed by atoms with Gasteiger partial charge in [-0.2, -0.15) is 5.10 Å². The topological polar surface area (TPSA) is 28.7 Å². The average molecular weight is 252 g/mol. The molecule has 2 nitrogen and oxygen atoms in total. The van der Waals surface area contributed by atoms with E-state index in [1.54, 1.807) is 0 Å². The molecular weight excluding hydrogens is 236 g/mol. The first-order valence-electron chi connectivity index (χ1n) is 5.32. The molecule has 1 aromatic rings. The van der Waals surface area contributed by atoms with Crippen molar-refractivity contribution in [3.05, 3.63) is 33.3 Å². The van der Waals surface area contributed by atoms with Crippen LogP contribution in [0, 0.1) is 0 Å². The molecule has 0 atom stereocenters. The lowest BCUT2D eigenvalue weighted by Crippen LogP contribution is -2.04. The molecule has 1 aliphatic rings. The minimum Gasteiger partial charge on any atom is -0.277 e. The number of nitrogens with one attached hydrogen (secondary N) is 1. The summed E-state index contributed by atoms with van der Waals surface area (Å²) in [5.74, 6) is 0. The number of H-pyrrole nitrogens is 1. The predicted molar refractivity (Wildman–Crippen MR) is 74.6 cm³/mol. The van der Waals surface area contributed by atoms with Crippen LogP contribution in [0.3, 0.4) is 0 Å². The number of hydrogen-bond donors (Lipinski definition) is 1. The molecule has 0 amide bonds. The molecule has 16 heavy (non-hydrogen) atoms. The molecule has 1 N–H and O–H groups in total. The summed E-state index contributed by atoms with van der Waals surface area (Å²) in [6.07, 6.45) is 10.7. The molecule has 1 heterocycles. The van der Waals surface area contributed by atoms with Gasteiger partial charge in [-0.05, 0) is 43.4 Å². The molecule has 0 aromatic carbocycles. The summed E-state index contributed by atoms with van der Waals surface area (Å²) in [7, 11) is 0. The summed E-state index contributed by atoms with van der Waals surface area (Å²) in [5, 5.41) is 7.31. The fraction of sp³-hybridized carbons (Fsp3) is 0.417. The summed E-state index contributed by atoms with van der Waals surface area (Å²) in [6, 6.07) is 0. The summed E-state index contributed by atoms with van der Waals surface area (Å²) in [6.45, 7) is 2.12. The maximum absolute atomic E-state index is 4.17. The van der Waals surface area contributed by atoms with Gasteiger partial charge in [-0.15, -0.1) is 23.5 Å². The zero-order valence-corrected chi connectivity index (χ0v) is 11.5. The first kappa shape index (κ1) is 11.9. The van der Waals surface area contributed by atoms with Gasteiger partial charge in [0, 0.05) is 9.81 Å². The second-order valence-electron chi connectivity index (χ2n) is 3.65. The van der Waals surface area contributed by atoms with Crippen molar-refractivity contribution in [3.63, 3.8) is 0 Å². The zero-order chi connectivity index (χ0) is 11.5. The Labute approximate surface area is 105 Å². The maximum atomic E-state index is 4.17. The molecule has 86 valence electrons. The highest BCUT2D eigenvalue weighted by molar-refractivity contribution is 8.21. The minimum atomic E-state index is 1.10. The van der Waals surface area contributed by atoms with Crippen molar-refractivity contribution in [2.75, 3.05) is 12.5 Å². The SMILES string of the molecule is C/C=C1\CCc2cn[nH]c2C1=C(SC)SC. The fourth-order valence-corrected chi connectivity index (χ4v) is 3.62. The summed E-state index contributed by atoms with van der Waals surface area (Å²) in [5.41, 5.74) is 5.37. The molecule has 0 aliphatic heterocycles. The minimum absolute atomic E-state index is 1.10. The van der Waals surface area contributed by atoms with Gasteiger partial charge < -0.3 is 0 Å². The Balaban J connectivity index is 2.60. The molecule has 1 aromatic heterocycles. The number of aryl methyl sites for hydroxylation is 1. The van der Waals surface area contributed by atoms with Gasteiger partial charge in [0.05, 0.1) is 11.9 Å². The standard InChI is InChI=1S/C12H16N2S2/c1-4-8-5-6-9-7-13-14-11(9)10(8)12(15-2)16-3/h4,7H,5-6H2,1-3H3,(H,13,14)/b8-4+. The Morgan fingerprint density at radius 2 is 2.12 bits per heavy atom. The van der Waals surface area contributed by atoms with E-state index in [2.05, 4.69) is 35.7 Å². The van der Waals surface area contributed by atoms with Gasteiger partial charge in [-0.25, -0.2) is 0 Å². The van der Waals surface area contributed by atoms with E-state index in [4.69, 9.17) is 0 Å². The molecule has 0 spiro atoms. The van der Waals surface area contributed by atoms with Crippen LogP contribution in [0.4, 0.5) is 0 Å². The number of rotatable bonds is 2. The lowest BCUT2D eigenvalue weighted by Gasteiger charge is -2.20. The maximum Gasteiger partial charge on any atom is 0.0701 e. The normalized spacial score (nSPS) is 17.7. The number of hydrogen-bond acceptors (Lipinski definition) is 3. The average Bonchev–Trinajstić information content (AvgIpc) is 2.79. The Bertz CT molecular complexity index is 438. The van der Waals surface area contributed by atoms with Crippen LogP contribution in [0.25, 0.3) is 5.57 Å². The largest absolute Gasteiger partial charge is 0.277 e. The highest BCUT2D eigenvalue weighted by Gasteiger charge is 2.22. The number of nitrogens with zero attached hydrogens (tertiary/aromatic N) is 1. The van der Waals surface area contributed by atoms with E-state index in [0.717, 1.165) is 12.8 Å². The van der Waals surface area contributed by atoms with E-state index in [1.165, 1.54) is 26.6 Å². The van der Waals surface area contributed by atoms with E-state index in [1.807, 2.05) is 29.7 Å². The highest BCUT2D eigenvalue weighted by Crippen LogP contribution is 2.42. The number of aromatic nitrogens is 2. The second kappa shape index (κ2) is 5.15. The van der Waals surface area contributed by atoms with E-state index in [9.17, 15) is 0 Å². The summed E-state index contributed by atoms with van der Waals surface area (Å²) in [4.78, 5) is 0. The summed E-state index contributed by atoms with van der Waals surface area (Å²) < 4.78 is 1.37. The third kappa shape index (κ3) is 1.96. The highest BCUT2D eigenvalue weighted by atomic mass is 32.2. The van der Waals surface area contributed by atoms with Crippen LogP contribution in [0.1, 0.15) is 24.6 Å². The lowest BCUT2D eigenvalue weighted by molar-refractivity contribution is 0.933. The van der Waals surface area contributed by atoms with Crippen LogP contribution >= 0.6 is 23.5 Å². The quantitative estimate of drug-likeness (QED) is 0.870. The number of allylic oxidation sites excluding steroid dienone is 3. The van der Waals surface area contributed by atoms with Crippen molar-refractivity contribution in [2.45, 2.75) is 19.8 Å². The third-order valence-electron chi connectivity index (χ3n) is 2.88. The van der Waals surface area contributed by atoms with Crippen LogP contribution < -0.4 is 0 Å². The van der Waals surface area contributed by atoms with E-state index in [-0.39, 0.29) is 0 Å². The van der Waals surface area contributed by atoms with Crippen LogP contribution in [0.2, 0.25) is 0 Å². The molecule has 0 radical (unpaired) electrons. The first-order chi connectivity index (χ1) is 7.81. The van der Waals surface area contributed by atoms with Gasteiger partial charge in [0.15, 0.2) is 0 Å². The van der Waals surface area contributed by atoms with Crippen molar-refractivity contribution >= 4 is 29.1 Å². The fourth-order valence-electron chi connectivity index (χ4n) is 2.08. The van der Waals surface area contributed by atoms with Crippen LogP contribution in [0.5, 0.6) is 0 Å². The molecule has 2 rings (SSSR count). The Kier molecular flexibility index (Phi) is 3.82. The predicted octanol–water partition coefficient (Wildman–Crippen LogP) is 3.70. The van der Waals surface area contributed by atoms with Crippen LogP contribution in [0.15, 0.2) is 22.1 Å². The molecule has 1 aliphatic carbocycles. The summed E-state index contributed by atoms with van der Waals surface area (Å²) >= 11 is 3.63. The molecular formula is C12H16N2S2. The van der Waals surface area contributed by atoms with Crippen LogP contribution in [-0.2, 0) is 6.42 Å². The monoisotopic (exact) mass is 252 g/mol. The van der Waals surface area contributed by atoms with Crippen molar-refractivity contribution in [1.82, 2.24) is 10.2 Å². The molecule has 4 heteroatoms. The number of aromatic amines is 1. The van der Waals surface area contributed by atoms with Crippen molar-refractivity contribution < 1.29 is 0 Å². The van der Waals surface area contributed by atoms with Gasteiger partial charge in [-0.3, -0.25) is 5.10 Å². The number of thioether (sulfide) groups is 2. The first-order valence-corrected chi connectivity index (χ1v) is 7.77. The van der Waals surface area contributed by atoms with Gasteiger partial charge in [0.2, 0.25) is 0 Å². The molecule has 0 bridgehead atoms. The Hall–Kier alpha value is -0.610. The second-order valence-corrected chi connectivity index (χ2v) is 5.55. The molecule has 0 unspecified atom stereocenters. The van der Waals surface area contributed by atoms with Gasteiger partial charge >= 0.3 is 0 Å². The van der Waals surface area contributed by atoms with Gasteiger partial charge in [0.1, 0.15) is 0 Å². The van der Waals surface area contributed by atoms with E-state index < -0.39 is 0 Å². The lowest BCUT2D eigenvalue weighted by atomic mass is 9.89. The molecule has 0 saturated carbocycles. The molecule has 0 fully saturated rings. The van der Waals surface area contributed by atoms with E-state index in [0.29, 0.717) is 0 Å². The Morgan fingerprint density at radius 1 is 1.38 bits per heavy atom. The zero-order valence-electron chi connectivity index (χ0n) is 9.83.